The Balaban J connectivity index is 2.23. The Labute approximate surface area is 107 Å². The van der Waals surface area contributed by atoms with Gasteiger partial charge in [-0.05, 0) is 31.3 Å². The number of hydrogen-bond donors (Lipinski definition) is 1. The van der Waals surface area contributed by atoms with Crippen LogP contribution in [-0.4, -0.2) is 24.1 Å². The van der Waals surface area contributed by atoms with E-state index in [1.807, 2.05) is 37.4 Å². The lowest BCUT2D eigenvalue weighted by Crippen LogP contribution is -2.21. The van der Waals surface area contributed by atoms with Gasteiger partial charge in [0.25, 0.3) is 0 Å². The fraction of sp³-hybridized carbons (Fsp3) is 0.286. The Morgan fingerprint density at radius 2 is 2.00 bits per heavy atom. The molecule has 0 aliphatic heterocycles. The van der Waals surface area contributed by atoms with Crippen molar-refractivity contribution in [1.29, 1.82) is 0 Å². The van der Waals surface area contributed by atoms with Gasteiger partial charge in [0, 0.05) is 24.5 Å². The third-order valence-corrected chi connectivity index (χ3v) is 2.84. The van der Waals surface area contributed by atoms with Gasteiger partial charge in [-0.15, -0.1) is 0 Å². The van der Waals surface area contributed by atoms with Crippen LogP contribution in [0.3, 0.4) is 0 Å². The molecule has 1 N–H and O–H groups in total. The smallest absolute Gasteiger partial charge is 0.141 e. The van der Waals surface area contributed by atoms with Crippen LogP contribution in [0.4, 0.5) is 0 Å². The normalized spacial score (nSPS) is 12.1. The summed E-state index contributed by atoms with van der Waals surface area (Å²) in [4.78, 5) is 8.74. The average Bonchev–Trinajstić information content (AvgIpc) is 2.46. The summed E-state index contributed by atoms with van der Waals surface area (Å²) < 4.78 is 5.34. The van der Waals surface area contributed by atoms with Crippen molar-refractivity contribution < 1.29 is 4.74 Å². The Hall–Kier alpha value is -1.94. The molecule has 0 aliphatic carbocycles. The van der Waals surface area contributed by atoms with E-state index in [0.717, 1.165) is 23.6 Å². The molecule has 1 unspecified atom stereocenters. The summed E-state index contributed by atoms with van der Waals surface area (Å²) in [5, 5.41) is 3.26. The second-order valence-electron chi connectivity index (χ2n) is 3.96. The maximum Gasteiger partial charge on any atom is 0.141 e. The number of methoxy groups -OCH3 is 1. The fourth-order valence-electron chi connectivity index (χ4n) is 1.90. The van der Waals surface area contributed by atoms with Crippen LogP contribution in [-0.2, 0) is 6.42 Å². The summed E-state index contributed by atoms with van der Waals surface area (Å²) in [6.45, 7) is 0. The minimum Gasteiger partial charge on any atom is -0.495 e. The summed E-state index contributed by atoms with van der Waals surface area (Å²) >= 11 is 0. The largest absolute Gasteiger partial charge is 0.495 e. The molecule has 0 bridgehead atoms. The standard InChI is InChI=1S/C14H17N3O/c1-15-12(10-11-6-3-4-8-16-11)14-13(18-2)7-5-9-17-14/h3-9,12,15H,10H2,1-2H3. The van der Waals surface area contributed by atoms with Gasteiger partial charge in [-0.1, -0.05) is 6.07 Å². The Bertz CT molecular complexity index is 487. The van der Waals surface area contributed by atoms with Crippen molar-refractivity contribution in [3.8, 4) is 5.75 Å². The van der Waals surface area contributed by atoms with Crippen LogP contribution in [0, 0.1) is 0 Å². The highest BCUT2D eigenvalue weighted by molar-refractivity contribution is 5.30. The molecule has 0 amide bonds. The quantitative estimate of drug-likeness (QED) is 0.872. The predicted octanol–water partition coefficient (Wildman–Crippen LogP) is 1.99. The van der Waals surface area contributed by atoms with Crippen LogP contribution in [0.1, 0.15) is 17.4 Å². The summed E-state index contributed by atoms with van der Waals surface area (Å²) in [5.74, 6) is 0.799. The highest BCUT2D eigenvalue weighted by atomic mass is 16.5. The van der Waals surface area contributed by atoms with Crippen molar-refractivity contribution >= 4 is 0 Å². The van der Waals surface area contributed by atoms with Gasteiger partial charge in [0.2, 0.25) is 0 Å². The van der Waals surface area contributed by atoms with Gasteiger partial charge in [-0.2, -0.15) is 0 Å². The van der Waals surface area contributed by atoms with E-state index >= 15 is 0 Å². The van der Waals surface area contributed by atoms with Crippen molar-refractivity contribution in [2.24, 2.45) is 0 Å². The first kappa shape index (κ1) is 12.5. The van der Waals surface area contributed by atoms with Crippen molar-refractivity contribution in [3.05, 3.63) is 54.1 Å². The van der Waals surface area contributed by atoms with E-state index < -0.39 is 0 Å². The van der Waals surface area contributed by atoms with E-state index in [1.54, 1.807) is 19.5 Å². The molecule has 0 saturated carbocycles. The first-order valence-corrected chi connectivity index (χ1v) is 5.91. The molecular weight excluding hydrogens is 226 g/mol. The molecule has 0 aliphatic rings. The zero-order valence-corrected chi connectivity index (χ0v) is 10.6. The summed E-state index contributed by atoms with van der Waals surface area (Å²) in [7, 11) is 3.58. The predicted molar refractivity (Wildman–Crippen MR) is 70.5 cm³/mol. The van der Waals surface area contributed by atoms with Crippen LogP contribution in [0.5, 0.6) is 5.75 Å². The summed E-state index contributed by atoms with van der Waals surface area (Å²) in [6.07, 6.45) is 4.36. The third kappa shape index (κ3) is 2.84. The second kappa shape index (κ2) is 6.12. The third-order valence-electron chi connectivity index (χ3n) is 2.84. The molecule has 2 aromatic heterocycles. The molecule has 0 fully saturated rings. The van der Waals surface area contributed by atoms with Crippen molar-refractivity contribution in [1.82, 2.24) is 15.3 Å². The Morgan fingerprint density at radius 1 is 1.17 bits per heavy atom. The maximum absolute atomic E-state index is 5.34. The lowest BCUT2D eigenvalue weighted by molar-refractivity contribution is 0.396. The molecule has 2 aromatic rings. The van der Waals surface area contributed by atoms with Crippen LogP contribution < -0.4 is 10.1 Å². The van der Waals surface area contributed by atoms with Gasteiger partial charge in [0.1, 0.15) is 5.75 Å². The first-order valence-electron chi connectivity index (χ1n) is 5.91. The molecule has 0 saturated heterocycles. The van der Waals surface area contributed by atoms with Gasteiger partial charge in [-0.3, -0.25) is 9.97 Å². The minimum absolute atomic E-state index is 0.0936. The molecule has 94 valence electrons. The monoisotopic (exact) mass is 243 g/mol. The molecule has 0 spiro atoms. The second-order valence-corrected chi connectivity index (χ2v) is 3.96. The molecule has 18 heavy (non-hydrogen) atoms. The number of aromatic nitrogens is 2. The van der Waals surface area contributed by atoms with Crippen LogP contribution in [0.25, 0.3) is 0 Å². The summed E-state index contributed by atoms with van der Waals surface area (Å²) in [5.41, 5.74) is 1.94. The number of rotatable bonds is 5. The van der Waals surface area contributed by atoms with Gasteiger partial charge < -0.3 is 10.1 Å². The van der Waals surface area contributed by atoms with Gasteiger partial charge >= 0.3 is 0 Å². The van der Waals surface area contributed by atoms with Gasteiger partial charge in [0.15, 0.2) is 0 Å². The van der Waals surface area contributed by atoms with Crippen molar-refractivity contribution in [2.75, 3.05) is 14.2 Å². The molecule has 4 heteroatoms. The first-order chi connectivity index (χ1) is 8.85. The fourth-order valence-corrected chi connectivity index (χ4v) is 1.90. The molecule has 0 radical (unpaired) electrons. The number of ether oxygens (including phenoxy) is 1. The summed E-state index contributed by atoms with van der Waals surface area (Å²) in [6, 6.07) is 9.81. The van der Waals surface area contributed by atoms with Crippen LogP contribution >= 0.6 is 0 Å². The average molecular weight is 243 g/mol. The van der Waals surface area contributed by atoms with Crippen LogP contribution in [0.2, 0.25) is 0 Å². The minimum atomic E-state index is 0.0936. The lowest BCUT2D eigenvalue weighted by Gasteiger charge is -2.17. The van der Waals surface area contributed by atoms with Crippen LogP contribution in [0.15, 0.2) is 42.7 Å². The lowest BCUT2D eigenvalue weighted by atomic mass is 10.1. The number of pyridine rings is 2. The number of likely N-dealkylation sites (N-methyl/N-ethyl adjacent to an activating group) is 1. The van der Waals surface area contributed by atoms with Gasteiger partial charge in [0.05, 0.1) is 18.8 Å². The van der Waals surface area contributed by atoms with E-state index in [2.05, 4.69) is 15.3 Å². The molecule has 4 nitrogen and oxygen atoms in total. The molecule has 1 atom stereocenters. The highest BCUT2D eigenvalue weighted by Gasteiger charge is 2.16. The highest BCUT2D eigenvalue weighted by Crippen LogP contribution is 2.24. The molecule has 2 rings (SSSR count). The number of hydrogen-bond acceptors (Lipinski definition) is 4. The number of nitrogens with zero attached hydrogens (tertiary/aromatic N) is 2. The molecular formula is C14H17N3O. The number of nitrogens with one attached hydrogen (secondary N) is 1. The molecule has 0 aromatic carbocycles. The Morgan fingerprint density at radius 3 is 2.67 bits per heavy atom. The van der Waals surface area contributed by atoms with Crippen molar-refractivity contribution in [2.45, 2.75) is 12.5 Å². The van der Waals surface area contributed by atoms with E-state index in [4.69, 9.17) is 4.74 Å². The van der Waals surface area contributed by atoms with E-state index in [1.165, 1.54) is 0 Å². The zero-order valence-electron chi connectivity index (χ0n) is 10.6. The Kier molecular flexibility index (Phi) is 4.25. The van der Waals surface area contributed by atoms with Gasteiger partial charge in [-0.25, -0.2) is 0 Å². The molecule has 2 heterocycles. The SMILES string of the molecule is CNC(Cc1ccccn1)c1ncccc1OC. The van der Waals surface area contributed by atoms with E-state index in [-0.39, 0.29) is 6.04 Å². The zero-order chi connectivity index (χ0) is 12.8. The topological polar surface area (TPSA) is 47.0 Å². The van der Waals surface area contributed by atoms with E-state index in [0.29, 0.717) is 0 Å². The van der Waals surface area contributed by atoms with E-state index in [9.17, 15) is 0 Å². The van der Waals surface area contributed by atoms with Crippen molar-refractivity contribution in [3.63, 3.8) is 0 Å². The maximum atomic E-state index is 5.34.